The molecule has 1 N–H and O–H groups in total. The van der Waals surface area contributed by atoms with Crippen LogP contribution in [0.3, 0.4) is 0 Å². The predicted molar refractivity (Wildman–Crippen MR) is 113 cm³/mol. The van der Waals surface area contributed by atoms with Crippen molar-refractivity contribution in [3.63, 3.8) is 0 Å². The zero-order valence-electron chi connectivity index (χ0n) is 14.2. The molecule has 2 heterocycles. The lowest BCUT2D eigenvalue weighted by atomic mass is 10.00. The van der Waals surface area contributed by atoms with Gasteiger partial charge in [0.2, 0.25) is 0 Å². The van der Waals surface area contributed by atoms with Crippen LogP contribution < -0.4 is 5.32 Å². The molecule has 1 amide bonds. The zero-order valence-corrected chi connectivity index (χ0v) is 15.8. The molecule has 1 aromatic heterocycles. The SMILES string of the molecule is CCc1cc2ccccc2nc1-c1cccc(/C=C2\SC(=S)NC2=O)c1. The summed E-state index contributed by atoms with van der Waals surface area (Å²) in [4.78, 5) is 17.4. The van der Waals surface area contributed by atoms with E-state index in [-0.39, 0.29) is 5.91 Å². The largest absolute Gasteiger partial charge is 0.307 e. The lowest BCUT2D eigenvalue weighted by molar-refractivity contribution is -0.115. The number of fused-ring (bicyclic) bond motifs is 1. The fourth-order valence-electron chi connectivity index (χ4n) is 3.03. The van der Waals surface area contributed by atoms with Crippen LogP contribution in [0.4, 0.5) is 0 Å². The minimum Gasteiger partial charge on any atom is -0.307 e. The fraction of sp³-hybridized carbons (Fsp3) is 0.0952. The number of nitrogens with one attached hydrogen (secondary N) is 1. The Hall–Kier alpha value is -2.50. The number of aryl methyl sites for hydroxylation is 1. The van der Waals surface area contributed by atoms with E-state index in [1.807, 2.05) is 36.4 Å². The summed E-state index contributed by atoms with van der Waals surface area (Å²) in [5.41, 5.74) is 5.20. The van der Waals surface area contributed by atoms with Crippen LogP contribution in [0.2, 0.25) is 0 Å². The highest BCUT2D eigenvalue weighted by Crippen LogP contribution is 2.29. The number of hydrogen-bond acceptors (Lipinski definition) is 4. The van der Waals surface area contributed by atoms with E-state index in [2.05, 4.69) is 36.5 Å². The molecule has 1 aliphatic rings. The van der Waals surface area contributed by atoms with E-state index in [9.17, 15) is 4.79 Å². The summed E-state index contributed by atoms with van der Waals surface area (Å²) >= 11 is 6.35. The molecule has 0 aliphatic carbocycles. The maximum atomic E-state index is 11.9. The number of carbonyl (C=O) groups excluding carboxylic acids is 1. The summed E-state index contributed by atoms with van der Waals surface area (Å²) in [7, 11) is 0. The molecule has 1 aliphatic heterocycles. The van der Waals surface area contributed by atoms with E-state index in [1.165, 1.54) is 17.3 Å². The first-order chi connectivity index (χ1) is 12.6. The lowest BCUT2D eigenvalue weighted by Gasteiger charge is -2.10. The number of pyridine rings is 1. The van der Waals surface area contributed by atoms with E-state index in [1.54, 1.807) is 0 Å². The van der Waals surface area contributed by atoms with Gasteiger partial charge in [-0.15, -0.1) is 0 Å². The number of amides is 1. The van der Waals surface area contributed by atoms with Crippen molar-refractivity contribution in [1.29, 1.82) is 0 Å². The second kappa shape index (κ2) is 7.02. The molecule has 128 valence electrons. The standard InChI is InChI=1S/C21H16N2OS2/c1-2-14-12-15-7-3-4-9-17(15)22-19(14)16-8-5-6-13(10-16)11-18-20(24)23-21(25)26-18/h3-12H,2H2,1H3,(H,23,24,25)/b18-11-. The number of hydrogen-bond donors (Lipinski definition) is 1. The quantitative estimate of drug-likeness (QED) is 0.519. The van der Waals surface area contributed by atoms with Crippen LogP contribution in [-0.4, -0.2) is 15.2 Å². The van der Waals surface area contributed by atoms with Gasteiger partial charge < -0.3 is 5.32 Å². The maximum Gasteiger partial charge on any atom is 0.263 e. The number of rotatable bonds is 3. The number of benzene rings is 2. The normalized spacial score (nSPS) is 15.7. The van der Waals surface area contributed by atoms with Crippen LogP contribution in [0.1, 0.15) is 18.1 Å². The number of para-hydroxylation sites is 1. The molecule has 0 unspecified atom stereocenters. The Bertz CT molecular complexity index is 1070. The molecule has 0 saturated carbocycles. The van der Waals surface area contributed by atoms with E-state index >= 15 is 0 Å². The molecule has 2 aromatic carbocycles. The Morgan fingerprint density at radius 1 is 1.15 bits per heavy atom. The summed E-state index contributed by atoms with van der Waals surface area (Å²) in [5, 5.41) is 3.80. The lowest BCUT2D eigenvalue weighted by Crippen LogP contribution is -2.17. The van der Waals surface area contributed by atoms with Gasteiger partial charge in [0.1, 0.15) is 4.32 Å². The van der Waals surface area contributed by atoms with Gasteiger partial charge in [-0.2, -0.15) is 0 Å². The minimum atomic E-state index is -0.136. The van der Waals surface area contributed by atoms with Gasteiger partial charge in [-0.05, 0) is 41.8 Å². The van der Waals surface area contributed by atoms with Crippen LogP contribution in [0.5, 0.6) is 0 Å². The van der Waals surface area contributed by atoms with Crippen molar-refractivity contribution in [2.24, 2.45) is 0 Å². The molecular weight excluding hydrogens is 360 g/mol. The number of thiocarbonyl (C=S) groups is 1. The molecule has 0 bridgehead atoms. The second-order valence-electron chi connectivity index (χ2n) is 6.02. The smallest absolute Gasteiger partial charge is 0.263 e. The van der Waals surface area contributed by atoms with Gasteiger partial charge >= 0.3 is 0 Å². The zero-order chi connectivity index (χ0) is 18.1. The maximum absolute atomic E-state index is 11.9. The molecule has 4 rings (SSSR count). The summed E-state index contributed by atoms with van der Waals surface area (Å²) in [6.45, 7) is 2.14. The van der Waals surface area contributed by atoms with Crippen LogP contribution >= 0.6 is 24.0 Å². The van der Waals surface area contributed by atoms with Gasteiger partial charge in [-0.3, -0.25) is 4.79 Å². The van der Waals surface area contributed by atoms with Crippen LogP contribution in [0.15, 0.2) is 59.5 Å². The third-order valence-corrected chi connectivity index (χ3v) is 5.45. The van der Waals surface area contributed by atoms with Crippen molar-refractivity contribution < 1.29 is 4.79 Å². The van der Waals surface area contributed by atoms with Gasteiger partial charge in [0.15, 0.2) is 0 Å². The summed E-state index contributed by atoms with van der Waals surface area (Å²) in [6.07, 6.45) is 2.78. The van der Waals surface area contributed by atoms with E-state index in [0.717, 1.165) is 34.1 Å². The third kappa shape index (κ3) is 3.28. The van der Waals surface area contributed by atoms with Gasteiger partial charge in [-0.1, -0.05) is 67.3 Å². The van der Waals surface area contributed by atoms with Crippen molar-refractivity contribution in [1.82, 2.24) is 10.3 Å². The number of carbonyl (C=O) groups is 1. The Labute approximate surface area is 161 Å². The Morgan fingerprint density at radius 2 is 2.00 bits per heavy atom. The van der Waals surface area contributed by atoms with Crippen molar-refractivity contribution in [3.8, 4) is 11.3 Å². The molecule has 0 radical (unpaired) electrons. The first kappa shape index (κ1) is 16.9. The molecule has 26 heavy (non-hydrogen) atoms. The Morgan fingerprint density at radius 3 is 2.77 bits per heavy atom. The molecule has 5 heteroatoms. The molecule has 0 spiro atoms. The topological polar surface area (TPSA) is 42.0 Å². The van der Waals surface area contributed by atoms with Gasteiger partial charge in [0, 0.05) is 10.9 Å². The number of nitrogens with zero attached hydrogens (tertiary/aromatic N) is 1. The van der Waals surface area contributed by atoms with E-state index in [4.69, 9.17) is 17.2 Å². The highest BCUT2D eigenvalue weighted by Gasteiger charge is 2.22. The van der Waals surface area contributed by atoms with Crippen molar-refractivity contribution in [3.05, 3.63) is 70.6 Å². The summed E-state index contributed by atoms with van der Waals surface area (Å²) < 4.78 is 0.502. The monoisotopic (exact) mass is 376 g/mol. The van der Waals surface area contributed by atoms with Crippen LogP contribution in [-0.2, 0) is 11.2 Å². The van der Waals surface area contributed by atoms with Crippen molar-refractivity contribution in [2.75, 3.05) is 0 Å². The average Bonchev–Trinajstić information content (AvgIpc) is 2.97. The Balaban J connectivity index is 1.79. The van der Waals surface area contributed by atoms with Gasteiger partial charge in [-0.25, -0.2) is 4.98 Å². The van der Waals surface area contributed by atoms with E-state index in [0.29, 0.717) is 9.23 Å². The minimum absolute atomic E-state index is 0.136. The summed E-state index contributed by atoms with van der Waals surface area (Å²) in [5.74, 6) is -0.136. The molecule has 3 nitrogen and oxygen atoms in total. The van der Waals surface area contributed by atoms with Crippen LogP contribution in [0, 0.1) is 0 Å². The van der Waals surface area contributed by atoms with Crippen LogP contribution in [0.25, 0.3) is 28.2 Å². The van der Waals surface area contributed by atoms with E-state index < -0.39 is 0 Å². The highest BCUT2D eigenvalue weighted by atomic mass is 32.2. The highest BCUT2D eigenvalue weighted by molar-refractivity contribution is 8.26. The second-order valence-corrected chi connectivity index (χ2v) is 7.74. The number of aromatic nitrogens is 1. The average molecular weight is 377 g/mol. The Kier molecular flexibility index (Phi) is 4.57. The van der Waals surface area contributed by atoms with Gasteiger partial charge in [0.25, 0.3) is 5.91 Å². The molecular formula is C21H16N2OS2. The van der Waals surface area contributed by atoms with Gasteiger partial charge in [0.05, 0.1) is 16.1 Å². The first-order valence-corrected chi connectivity index (χ1v) is 9.60. The summed E-state index contributed by atoms with van der Waals surface area (Å²) in [6, 6.07) is 18.5. The van der Waals surface area contributed by atoms with Crippen molar-refractivity contribution in [2.45, 2.75) is 13.3 Å². The molecule has 1 fully saturated rings. The number of thioether (sulfide) groups is 1. The fourth-order valence-corrected chi connectivity index (χ4v) is 4.07. The predicted octanol–water partition coefficient (Wildman–Crippen LogP) is 4.95. The molecule has 0 atom stereocenters. The van der Waals surface area contributed by atoms with Crippen molar-refractivity contribution >= 4 is 51.2 Å². The third-order valence-electron chi connectivity index (χ3n) is 4.28. The molecule has 1 saturated heterocycles. The first-order valence-electron chi connectivity index (χ1n) is 8.38. The molecule has 3 aromatic rings.